The van der Waals surface area contributed by atoms with Crippen LogP contribution < -0.4 is 0 Å². The van der Waals surface area contributed by atoms with Crippen LogP contribution in [0.4, 0.5) is 22.1 Å². The van der Waals surface area contributed by atoms with Gasteiger partial charge in [-0.05, 0) is 4.53 Å². The maximum atomic E-state index is 11.9. The fourth-order valence-corrected chi connectivity index (χ4v) is 0.253. The molecule has 7 heteroatoms. The van der Waals surface area contributed by atoms with Gasteiger partial charge in [-0.25, -0.2) is 0 Å². The minimum absolute atomic E-state index is 0.201. The van der Waals surface area contributed by atoms with Crippen molar-refractivity contribution in [2.45, 2.75) is 19.0 Å². The number of hydrogen-bond acceptors (Lipinski definition) is 2. The second-order valence-electron chi connectivity index (χ2n) is 1.72. The van der Waals surface area contributed by atoms with Crippen molar-refractivity contribution in [2.75, 3.05) is 0 Å². The number of carbonyl (C=O) groups is 1. The Balaban J connectivity index is 4.67. The van der Waals surface area contributed by atoms with E-state index in [1.807, 2.05) is 0 Å². The van der Waals surface area contributed by atoms with E-state index < -0.39 is 17.8 Å². The van der Waals surface area contributed by atoms with E-state index >= 15 is 0 Å². The first-order valence-electron chi connectivity index (χ1n) is 2.32. The average molecular weight is 178 g/mol. The fraction of sp³-hybridized carbons (Fsp3) is 0.750. The first-order chi connectivity index (χ1) is 4.75. The summed E-state index contributed by atoms with van der Waals surface area (Å²) in [6.07, 6.45) is -5.39. The lowest BCUT2D eigenvalue weighted by molar-refractivity contribution is -0.411. The van der Waals surface area contributed by atoms with E-state index in [2.05, 4.69) is 0 Å². The molecule has 0 N–H and O–H groups in total. The SMILES string of the molecule is CC(=O)C(F)(F)C(F)(F)OF. The third kappa shape index (κ3) is 1.65. The van der Waals surface area contributed by atoms with E-state index in [9.17, 15) is 26.9 Å². The van der Waals surface area contributed by atoms with Crippen molar-refractivity contribution in [1.82, 2.24) is 0 Å². The summed E-state index contributed by atoms with van der Waals surface area (Å²) in [6.45, 7) is 0.201. The van der Waals surface area contributed by atoms with Crippen molar-refractivity contribution in [3.05, 3.63) is 0 Å². The van der Waals surface area contributed by atoms with Gasteiger partial charge in [-0.2, -0.15) is 17.6 Å². The molecule has 0 atom stereocenters. The van der Waals surface area contributed by atoms with Crippen molar-refractivity contribution >= 4 is 5.78 Å². The first-order valence-corrected chi connectivity index (χ1v) is 2.32. The molecule has 0 aromatic carbocycles. The number of hydrogen-bond donors (Lipinski definition) is 0. The summed E-state index contributed by atoms with van der Waals surface area (Å²) < 4.78 is 57.7. The fourth-order valence-electron chi connectivity index (χ4n) is 0.253. The van der Waals surface area contributed by atoms with Crippen molar-refractivity contribution in [3.8, 4) is 0 Å². The third-order valence-electron chi connectivity index (χ3n) is 0.905. The summed E-state index contributed by atoms with van der Waals surface area (Å²) >= 11 is 0. The van der Waals surface area contributed by atoms with Crippen molar-refractivity contribution in [2.24, 2.45) is 0 Å². The maximum Gasteiger partial charge on any atom is 0.456 e. The highest BCUT2D eigenvalue weighted by Crippen LogP contribution is 2.35. The Morgan fingerprint density at radius 2 is 1.64 bits per heavy atom. The van der Waals surface area contributed by atoms with E-state index in [0.29, 0.717) is 0 Å². The Bertz CT molecular complexity index is 166. The summed E-state index contributed by atoms with van der Waals surface area (Å²) in [5.74, 6) is -7.29. The molecule has 0 heterocycles. The van der Waals surface area contributed by atoms with Gasteiger partial charge in [0.05, 0.1) is 0 Å². The first kappa shape index (κ1) is 10.3. The molecule has 66 valence electrons. The van der Waals surface area contributed by atoms with Gasteiger partial charge in [-0.15, -0.1) is 4.94 Å². The Hall–Kier alpha value is -0.720. The van der Waals surface area contributed by atoms with Crippen LogP contribution in [0.15, 0.2) is 0 Å². The van der Waals surface area contributed by atoms with Crippen LogP contribution in [0.1, 0.15) is 6.92 Å². The Labute approximate surface area is 57.8 Å². The molecule has 11 heavy (non-hydrogen) atoms. The molecular weight excluding hydrogens is 175 g/mol. The summed E-state index contributed by atoms with van der Waals surface area (Å²) in [4.78, 5) is 11.5. The lowest BCUT2D eigenvalue weighted by atomic mass is 10.2. The second-order valence-corrected chi connectivity index (χ2v) is 1.72. The predicted molar refractivity (Wildman–Crippen MR) is 22.8 cm³/mol. The molecule has 0 aliphatic rings. The van der Waals surface area contributed by atoms with Gasteiger partial charge in [-0.3, -0.25) is 4.79 Å². The maximum absolute atomic E-state index is 11.9. The number of halogens is 5. The number of alkyl halides is 4. The Morgan fingerprint density at radius 1 is 1.27 bits per heavy atom. The van der Waals surface area contributed by atoms with Crippen LogP contribution in [0.2, 0.25) is 0 Å². The quantitative estimate of drug-likeness (QED) is 0.615. The highest BCUT2D eigenvalue weighted by molar-refractivity contribution is 5.83. The molecule has 0 aromatic rings. The zero-order chi connectivity index (χ0) is 9.28. The molecule has 0 aliphatic heterocycles. The lowest BCUT2D eigenvalue weighted by Gasteiger charge is -2.18. The standard InChI is InChI=1S/C4H3F5O2/c1-2(10)3(5,6)4(7,8)11-9/h1H3. The Kier molecular flexibility index (Phi) is 2.55. The molecule has 0 saturated heterocycles. The van der Waals surface area contributed by atoms with E-state index in [1.165, 1.54) is 0 Å². The van der Waals surface area contributed by atoms with E-state index in [0.717, 1.165) is 0 Å². The molecule has 0 saturated carbocycles. The van der Waals surface area contributed by atoms with Gasteiger partial charge in [0, 0.05) is 6.92 Å². The van der Waals surface area contributed by atoms with Gasteiger partial charge >= 0.3 is 12.0 Å². The zero-order valence-corrected chi connectivity index (χ0v) is 5.21. The topological polar surface area (TPSA) is 26.3 Å². The van der Waals surface area contributed by atoms with Crippen LogP contribution in [-0.2, 0) is 9.74 Å². The van der Waals surface area contributed by atoms with Crippen LogP contribution in [0.25, 0.3) is 0 Å². The molecule has 0 bridgehead atoms. The predicted octanol–water partition coefficient (Wildman–Crippen LogP) is 1.70. The minimum Gasteiger partial charge on any atom is -0.293 e. The van der Waals surface area contributed by atoms with Crippen LogP contribution >= 0.6 is 0 Å². The van der Waals surface area contributed by atoms with Crippen LogP contribution in [0, 0.1) is 0 Å². The summed E-state index contributed by atoms with van der Waals surface area (Å²) in [5.41, 5.74) is 0. The molecule has 0 fully saturated rings. The van der Waals surface area contributed by atoms with Crippen molar-refractivity contribution in [1.29, 1.82) is 0 Å². The summed E-state index contributed by atoms with van der Waals surface area (Å²) in [5, 5.41) is 0. The van der Waals surface area contributed by atoms with Gasteiger partial charge in [0.2, 0.25) is 5.78 Å². The van der Waals surface area contributed by atoms with Gasteiger partial charge in [-0.1, -0.05) is 0 Å². The molecular formula is C4H3F5O2. The molecule has 0 radical (unpaired) electrons. The summed E-state index contributed by atoms with van der Waals surface area (Å²) in [7, 11) is 0. The normalized spacial score (nSPS) is 13.3. The minimum atomic E-state index is -5.39. The van der Waals surface area contributed by atoms with Gasteiger partial charge in [0.25, 0.3) is 0 Å². The lowest BCUT2D eigenvalue weighted by Crippen LogP contribution is -2.46. The number of rotatable bonds is 3. The van der Waals surface area contributed by atoms with Gasteiger partial charge < -0.3 is 0 Å². The molecule has 0 rings (SSSR count). The van der Waals surface area contributed by atoms with Crippen molar-refractivity contribution in [3.63, 3.8) is 0 Å². The zero-order valence-electron chi connectivity index (χ0n) is 5.21. The van der Waals surface area contributed by atoms with E-state index in [1.54, 1.807) is 4.94 Å². The van der Waals surface area contributed by atoms with Gasteiger partial charge in [0.1, 0.15) is 0 Å². The van der Waals surface area contributed by atoms with Gasteiger partial charge in [0.15, 0.2) is 0 Å². The summed E-state index contributed by atoms with van der Waals surface area (Å²) in [6, 6.07) is 0. The van der Waals surface area contributed by atoms with Crippen LogP contribution in [-0.4, -0.2) is 17.8 Å². The average Bonchev–Trinajstić information content (AvgIpc) is 1.87. The molecule has 0 aromatic heterocycles. The monoisotopic (exact) mass is 178 g/mol. The molecule has 0 unspecified atom stereocenters. The van der Waals surface area contributed by atoms with Crippen molar-refractivity contribution < 1.29 is 31.8 Å². The molecule has 0 spiro atoms. The second kappa shape index (κ2) is 2.72. The smallest absolute Gasteiger partial charge is 0.293 e. The van der Waals surface area contributed by atoms with E-state index in [-0.39, 0.29) is 6.92 Å². The largest absolute Gasteiger partial charge is 0.456 e. The van der Waals surface area contributed by atoms with E-state index in [4.69, 9.17) is 0 Å². The number of Topliss-reactive ketones (excluding diaryl/α,β-unsaturated/α-hetero) is 1. The molecule has 0 amide bonds. The third-order valence-corrected chi connectivity index (χ3v) is 0.905. The molecule has 2 nitrogen and oxygen atoms in total. The Morgan fingerprint density at radius 3 is 1.73 bits per heavy atom. The highest BCUT2D eigenvalue weighted by atomic mass is 19.4. The highest BCUT2D eigenvalue weighted by Gasteiger charge is 2.63. The number of carbonyl (C=O) groups excluding carboxylic acids is 1. The van der Waals surface area contributed by atoms with Crippen LogP contribution in [0.3, 0.4) is 0 Å². The van der Waals surface area contributed by atoms with Crippen LogP contribution in [0.5, 0.6) is 0 Å². The molecule has 0 aliphatic carbocycles. The number of ketones is 1.